The highest BCUT2D eigenvalue weighted by Gasteiger charge is 2.01. The second kappa shape index (κ2) is 3.64. The van der Waals surface area contributed by atoms with Gasteiger partial charge in [0.2, 0.25) is 0 Å². The standard InChI is InChI=1S/C9H7BrN2S/c1-13-9-7-4-6(10)2-3-8(7)11-5-12-9/h2-5H,1H3. The van der Waals surface area contributed by atoms with Crippen molar-refractivity contribution in [2.75, 3.05) is 6.26 Å². The van der Waals surface area contributed by atoms with Crippen LogP contribution >= 0.6 is 27.7 Å². The summed E-state index contributed by atoms with van der Waals surface area (Å²) in [5.41, 5.74) is 0.988. The Morgan fingerprint density at radius 1 is 1.31 bits per heavy atom. The summed E-state index contributed by atoms with van der Waals surface area (Å²) in [4.78, 5) is 8.38. The molecule has 1 aromatic heterocycles. The molecule has 0 saturated heterocycles. The fourth-order valence-corrected chi connectivity index (χ4v) is 2.06. The van der Waals surface area contributed by atoms with E-state index in [0.717, 1.165) is 20.4 Å². The quantitative estimate of drug-likeness (QED) is 0.578. The molecule has 0 aliphatic rings. The van der Waals surface area contributed by atoms with Gasteiger partial charge < -0.3 is 0 Å². The van der Waals surface area contributed by atoms with Crippen molar-refractivity contribution in [3.63, 3.8) is 0 Å². The van der Waals surface area contributed by atoms with E-state index in [0.29, 0.717) is 0 Å². The van der Waals surface area contributed by atoms with E-state index in [2.05, 4.69) is 25.9 Å². The Morgan fingerprint density at radius 3 is 2.92 bits per heavy atom. The van der Waals surface area contributed by atoms with Gasteiger partial charge in [-0.2, -0.15) is 0 Å². The number of benzene rings is 1. The monoisotopic (exact) mass is 254 g/mol. The van der Waals surface area contributed by atoms with Gasteiger partial charge in [-0.15, -0.1) is 11.8 Å². The minimum atomic E-state index is 0.988. The molecule has 1 heterocycles. The molecule has 0 bridgehead atoms. The smallest absolute Gasteiger partial charge is 0.117 e. The lowest BCUT2D eigenvalue weighted by Crippen LogP contribution is -1.85. The summed E-state index contributed by atoms with van der Waals surface area (Å²) in [5.74, 6) is 0. The third-order valence-electron chi connectivity index (χ3n) is 1.75. The van der Waals surface area contributed by atoms with Gasteiger partial charge in [0.25, 0.3) is 0 Å². The van der Waals surface area contributed by atoms with Crippen LogP contribution in [0.25, 0.3) is 10.9 Å². The van der Waals surface area contributed by atoms with E-state index in [1.807, 2.05) is 24.5 Å². The number of thioether (sulfide) groups is 1. The fraction of sp³-hybridized carbons (Fsp3) is 0.111. The third kappa shape index (κ3) is 1.69. The Balaban J connectivity index is 2.79. The van der Waals surface area contributed by atoms with Crippen molar-refractivity contribution >= 4 is 38.6 Å². The van der Waals surface area contributed by atoms with Crippen LogP contribution < -0.4 is 0 Å². The van der Waals surface area contributed by atoms with Crippen molar-refractivity contribution in [2.24, 2.45) is 0 Å². The molecule has 0 aliphatic heterocycles. The maximum atomic E-state index is 4.20. The van der Waals surface area contributed by atoms with Crippen LogP contribution in [0.4, 0.5) is 0 Å². The Hall–Kier alpha value is -0.610. The van der Waals surface area contributed by atoms with Gasteiger partial charge in [-0.25, -0.2) is 9.97 Å². The maximum Gasteiger partial charge on any atom is 0.117 e. The molecule has 2 nitrogen and oxygen atoms in total. The molecule has 0 N–H and O–H groups in total. The van der Waals surface area contributed by atoms with Crippen LogP contribution in [0, 0.1) is 0 Å². The fourth-order valence-electron chi connectivity index (χ4n) is 1.17. The lowest BCUT2D eigenvalue weighted by molar-refractivity contribution is 1.10. The van der Waals surface area contributed by atoms with E-state index >= 15 is 0 Å². The van der Waals surface area contributed by atoms with Gasteiger partial charge in [0.15, 0.2) is 0 Å². The molecule has 0 aliphatic carbocycles. The molecule has 2 rings (SSSR count). The van der Waals surface area contributed by atoms with Gasteiger partial charge in [0.05, 0.1) is 5.52 Å². The largest absolute Gasteiger partial charge is 0.236 e. The first-order valence-electron chi connectivity index (χ1n) is 3.75. The first kappa shape index (κ1) is 8.97. The van der Waals surface area contributed by atoms with Crippen molar-refractivity contribution in [1.82, 2.24) is 9.97 Å². The number of aromatic nitrogens is 2. The number of halogens is 1. The zero-order valence-corrected chi connectivity index (χ0v) is 9.39. The Kier molecular flexibility index (Phi) is 2.51. The van der Waals surface area contributed by atoms with Crippen LogP contribution in [0.5, 0.6) is 0 Å². The topological polar surface area (TPSA) is 25.8 Å². The molecular formula is C9H7BrN2S. The van der Waals surface area contributed by atoms with E-state index in [9.17, 15) is 0 Å². The lowest BCUT2D eigenvalue weighted by atomic mass is 10.2. The highest BCUT2D eigenvalue weighted by Crippen LogP contribution is 2.25. The third-order valence-corrected chi connectivity index (χ3v) is 2.96. The van der Waals surface area contributed by atoms with Gasteiger partial charge in [-0.3, -0.25) is 0 Å². The number of hydrogen-bond donors (Lipinski definition) is 0. The van der Waals surface area contributed by atoms with Gasteiger partial charge in [0.1, 0.15) is 11.4 Å². The first-order valence-corrected chi connectivity index (χ1v) is 5.77. The Labute approximate surface area is 88.9 Å². The average molecular weight is 255 g/mol. The molecule has 0 spiro atoms. The number of hydrogen-bond acceptors (Lipinski definition) is 3. The molecule has 13 heavy (non-hydrogen) atoms. The summed E-state index contributed by atoms with van der Waals surface area (Å²) in [6.45, 7) is 0. The molecular weight excluding hydrogens is 248 g/mol. The summed E-state index contributed by atoms with van der Waals surface area (Å²) >= 11 is 5.07. The van der Waals surface area contributed by atoms with Crippen molar-refractivity contribution < 1.29 is 0 Å². The molecule has 4 heteroatoms. The highest BCUT2D eigenvalue weighted by molar-refractivity contribution is 9.10. The predicted octanol–water partition coefficient (Wildman–Crippen LogP) is 3.11. The van der Waals surface area contributed by atoms with Crippen LogP contribution in [-0.4, -0.2) is 16.2 Å². The second-order valence-corrected chi connectivity index (χ2v) is 4.26. The Morgan fingerprint density at radius 2 is 2.15 bits per heavy atom. The van der Waals surface area contributed by atoms with Crippen molar-refractivity contribution in [1.29, 1.82) is 0 Å². The molecule has 0 atom stereocenters. The minimum Gasteiger partial charge on any atom is -0.236 e. The Bertz CT molecular complexity index is 445. The average Bonchev–Trinajstić information content (AvgIpc) is 2.17. The summed E-state index contributed by atoms with van der Waals surface area (Å²) in [6, 6.07) is 6.02. The normalized spacial score (nSPS) is 10.6. The van der Waals surface area contributed by atoms with E-state index < -0.39 is 0 Å². The van der Waals surface area contributed by atoms with Crippen LogP contribution in [0.15, 0.2) is 34.0 Å². The number of nitrogens with zero attached hydrogens (tertiary/aromatic N) is 2. The van der Waals surface area contributed by atoms with E-state index in [1.54, 1.807) is 18.1 Å². The van der Waals surface area contributed by atoms with Crippen molar-refractivity contribution in [3.05, 3.63) is 29.0 Å². The summed E-state index contributed by atoms with van der Waals surface area (Å²) in [7, 11) is 0. The summed E-state index contributed by atoms with van der Waals surface area (Å²) in [6.07, 6.45) is 3.62. The molecule has 0 amide bonds. The van der Waals surface area contributed by atoms with E-state index in [-0.39, 0.29) is 0 Å². The molecule has 0 fully saturated rings. The maximum absolute atomic E-state index is 4.20. The van der Waals surface area contributed by atoms with Crippen LogP contribution in [0.2, 0.25) is 0 Å². The van der Waals surface area contributed by atoms with Crippen molar-refractivity contribution in [2.45, 2.75) is 5.03 Å². The molecule has 0 unspecified atom stereocenters. The second-order valence-electron chi connectivity index (χ2n) is 2.54. The van der Waals surface area contributed by atoms with Crippen molar-refractivity contribution in [3.8, 4) is 0 Å². The lowest BCUT2D eigenvalue weighted by Gasteiger charge is -2.01. The molecule has 0 radical (unpaired) electrons. The van der Waals surface area contributed by atoms with E-state index in [1.165, 1.54) is 0 Å². The molecule has 66 valence electrons. The minimum absolute atomic E-state index is 0.988. The van der Waals surface area contributed by atoms with Crippen LogP contribution in [0.3, 0.4) is 0 Å². The van der Waals surface area contributed by atoms with Crippen LogP contribution in [-0.2, 0) is 0 Å². The highest BCUT2D eigenvalue weighted by atomic mass is 79.9. The number of rotatable bonds is 1. The van der Waals surface area contributed by atoms with Gasteiger partial charge >= 0.3 is 0 Å². The summed E-state index contributed by atoms with van der Waals surface area (Å²) < 4.78 is 1.06. The van der Waals surface area contributed by atoms with Gasteiger partial charge in [-0.05, 0) is 24.5 Å². The molecule has 2 aromatic rings. The van der Waals surface area contributed by atoms with Crippen LogP contribution in [0.1, 0.15) is 0 Å². The SMILES string of the molecule is CSc1ncnc2ccc(Br)cc12. The molecule has 0 saturated carbocycles. The zero-order valence-electron chi connectivity index (χ0n) is 6.99. The summed E-state index contributed by atoms with van der Waals surface area (Å²) in [5, 5.41) is 2.12. The van der Waals surface area contributed by atoms with E-state index in [4.69, 9.17) is 0 Å². The number of fused-ring (bicyclic) bond motifs is 1. The van der Waals surface area contributed by atoms with Gasteiger partial charge in [-0.1, -0.05) is 15.9 Å². The van der Waals surface area contributed by atoms with Gasteiger partial charge in [0, 0.05) is 9.86 Å². The zero-order chi connectivity index (χ0) is 9.26. The first-order chi connectivity index (χ1) is 6.31. The molecule has 1 aromatic carbocycles. The predicted molar refractivity (Wildman–Crippen MR) is 59.0 cm³/mol.